The first-order chi connectivity index (χ1) is 14.6. The zero-order chi connectivity index (χ0) is 20.9. The van der Waals surface area contributed by atoms with E-state index < -0.39 is 0 Å². The lowest BCUT2D eigenvalue weighted by atomic mass is 10.1. The van der Waals surface area contributed by atoms with E-state index in [1.807, 2.05) is 44.2 Å². The number of piperazine rings is 1. The normalized spacial score (nSPS) is 13.8. The van der Waals surface area contributed by atoms with Crippen LogP contribution in [-0.2, 0) is 0 Å². The summed E-state index contributed by atoms with van der Waals surface area (Å²) in [5, 5.41) is 5.65. The Balaban J connectivity index is 1.36. The molecule has 30 heavy (non-hydrogen) atoms. The fourth-order valence-corrected chi connectivity index (χ4v) is 3.52. The number of hydrogen-bond acceptors (Lipinski definition) is 5. The highest BCUT2D eigenvalue weighted by molar-refractivity contribution is 5.99. The van der Waals surface area contributed by atoms with E-state index in [9.17, 15) is 4.79 Å². The van der Waals surface area contributed by atoms with E-state index in [1.54, 1.807) is 0 Å². The lowest BCUT2D eigenvalue weighted by Crippen LogP contribution is -2.46. The molecule has 0 radical (unpaired) electrons. The Hall–Kier alpha value is -3.61. The van der Waals surface area contributed by atoms with Gasteiger partial charge in [-0.05, 0) is 49.2 Å². The van der Waals surface area contributed by atoms with Gasteiger partial charge in [0.25, 0.3) is 0 Å². The molecule has 1 aliphatic rings. The van der Waals surface area contributed by atoms with Gasteiger partial charge in [0.15, 0.2) is 0 Å². The first-order valence-electron chi connectivity index (χ1n) is 10.1. The van der Waals surface area contributed by atoms with Gasteiger partial charge in [-0.2, -0.15) is 0 Å². The molecule has 1 fully saturated rings. The summed E-state index contributed by atoms with van der Waals surface area (Å²) in [6, 6.07) is 17.8. The molecule has 1 aliphatic heterocycles. The van der Waals surface area contributed by atoms with Crippen LogP contribution in [0.5, 0.6) is 0 Å². The van der Waals surface area contributed by atoms with Crippen LogP contribution in [0, 0.1) is 13.8 Å². The number of nitrogens with zero attached hydrogens (tertiary/aromatic N) is 4. The number of aromatic nitrogens is 2. The minimum Gasteiger partial charge on any atom is -0.368 e. The first kappa shape index (κ1) is 19.7. The third-order valence-electron chi connectivity index (χ3n) is 5.38. The van der Waals surface area contributed by atoms with Crippen molar-refractivity contribution in [1.82, 2.24) is 9.97 Å². The number of carbonyl (C=O) groups excluding carboxylic acids is 1. The second-order valence-corrected chi connectivity index (χ2v) is 7.45. The fourth-order valence-electron chi connectivity index (χ4n) is 3.52. The molecular formula is C23H26N6O. The van der Waals surface area contributed by atoms with Crippen molar-refractivity contribution in [3.63, 3.8) is 0 Å². The van der Waals surface area contributed by atoms with Gasteiger partial charge >= 0.3 is 6.03 Å². The molecule has 2 aromatic carbocycles. The van der Waals surface area contributed by atoms with Crippen LogP contribution in [0.1, 0.15) is 11.1 Å². The van der Waals surface area contributed by atoms with Crippen LogP contribution in [-0.4, -0.2) is 42.2 Å². The van der Waals surface area contributed by atoms with Crippen molar-refractivity contribution in [2.45, 2.75) is 13.8 Å². The third-order valence-corrected chi connectivity index (χ3v) is 5.38. The van der Waals surface area contributed by atoms with Crippen LogP contribution in [0.15, 0.2) is 60.9 Å². The van der Waals surface area contributed by atoms with E-state index in [1.165, 1.54) is 17.6 Å². The molecular weight excluding hydrogens is 376 g/mol. The van der Waals surface area contributed by atoms with Gasteiger partial charge in [0.2, 0.25) is 0 Å². The van der Waals surface area contributed by atoms with Crippen molar-refractivity contribution in [3.05, 3.63) is 72.1 Å². The molecule has 0 saturated carbocycles. The molecule has 0 atom stereocenters. The number of nitrogens with one attached hydrogen (secondary N) is 2. The molecule has 154 valence electrons. The number of aryl methyl sites for hydroxylation is 2. The topological polar surface area (TPSA) is 73.4 Å². The van der Waals surface area contributed by atoms with Crippen LogP contribution in [0.25, 0.3) is 0 Å². The van der Waals surface area contributed by atoms with Crippen LogP contribution in [0.4, 0.5) is 27.8 Å². The minimum atomic E-state index is -0.322. The highest BCUT2D eigenvalue weighted by Gasteiger charge is 2.19. The Bertz CT molecular complexity index is 1020. The summed E-state index contributed by atoms with van der Waals surface area (Å²) in [6.45, 7) is 7.63. The van der Waals surface area contributed by atoms with Gasteiger partial charge in [-0.3, -0.25) is 5.32 Å². The zero-order valence-corrected chi connectivity index (χ0v) is 17.3. The summed E-state index contributed by atoms with van der Waals surface area (Å²) in [5.41, 5.74) is 4.31. The molecule has 2 amide bonds. The van der Waals surface area contributed by atoms with Crippen molar-refractivity contribution in [2.24, 2.45) is 0 Å². The molecule has 0 unspecified atom stereocenters. The van der Waals surface area contributed by atoms with Crippen molar-refractivity contribution in [3.8, 4) is 0 Å². The Morgan fingerprint density at radius 1 is 0.833 bits per heavy atom. The summed E-state index contributed by atoms with van der Waals surface area (Å²) in [5.74, 6) is 1.30. The van der Waals surface area contributed by atoms with E-state index in [-0.39, 0.29) is 6.03 Å². The molecule has 3 aromatic rings. The standard InChI is InChI=1S/C23H26N6O/c1-17-8-9-19(14-18(17)2)26-23(30)27-21-15-22(25-16-24-21)29-12-10-28(11-13-29)20-6-4-3-5-7-20/h3-9,14-16H,10-13H2,1-2H3,(H2,24,25,26,27,30). The predicted octanol–water partition coefficient (Wildman–Crippen LogP) is 4.06. The number of rotatable bonds is 4. The molecule has 1 aromatic heterocycles. The van der Waals surface area contributed by atoms with E-state index >= 15 is 0 Å². The van der Waals surface area contributed by atoms with Gasteiger partial charge in [0.1, 0.15) is 18.0 Å². The van der Waals surface area contributed by atoms with Gasteiger partial charge in [0.05, 0.1) is 0 Å². The highest BCUT2D eigenvalue weighted by Crippen LogP contribution is 2.20. The van der Waals surface area contributed by atoms with Gasteiger partial charge in [-0.25, -0.2) is 14.8 Å². The quantitative estimate of drug-likeness (QED) is 0.688. The SMILES string of the molecule is Cc1ccc(NC(=O)Nc2cc(N3CCN(c4ccccc4)CC3)ncn2)cc1C. The van der Waals surface area contributed by atoms with Crippen molar-refractivity contribution in [1.29, 1.82) is 0 Å². The van der Waals surface area contributed by atoms with Crippen LogP contribution < -0.4 is 20.4 Å². The Kier molecular flexibility index (Phi) is 5.79. The average Bonchev–Trinajstić information content (AvgIpc) is 2.77. The third kappa shape index (κ3) is 4.68. The maximum Gasteiger partial charge on any atom is 0.324 e. The maximum atomic E-state index is 12.4. The molecule has 0 aliphatic carbocycles. The van der Waals surface area contributed by atoms with Crippen LogP contribution in [0.3, 0.4) is 0 Å². The van der Waals surface area contributed by atoms with Crippen LogP contribution >= 0.6 is 0 Å². The molecule has 0 bridgehead atoms. The van der Waals surface area contributed by atoms with Gasteiger partial charge in [0, 0.05) is 43.6 Å². The number of carbonyl (C=O) groups is 1. The number of benzene rings is 2. The summed E-state index contributed by atoms with van der Waals surface area (Å²) >= 11 is 0. The zero-order valence-electron chi connectivity index (χ0n) is 17.3. The molecule has 0 spiro atoms. The maximum absolute atomic E-state index is 12.4. The largest absolute Gasteiger partial charge is 0.368 e. The highest BCUT2D eigenvalue weighted by atomic mass is 16.2. The van der Waals surface area contributed by atoms with Gasteiger partial charge < -0.3 is 15.1 Å². The minimum absolute atomic E-state index is 0.322. The molecule has 2 heterocycles. The summed E-state index contributed by atoms with van der Waals surface area (Å²) < 4.78 is 0. The molecule has 4 rings (SSSR count). The van der Waals surface area contributed by atoms with E-state index in [0.29, 0.717) is 5.82 Å². The van der Waals surface area contributed by atoms with Gasteiger partial charge in [-0.1, -0.05) is 24.3 Å². The average molecular weight is 403 g/mol. The summed E-state index contributed by atoms with van der Waals surface area (Å²) in [4.78, 5) is 25.5. The predicted molar refractivity (Wildman–Crippen MR) is 121 cm³/mol. The van der Waals surface area contributed by atoms with Gasteiger partial charge in [-0.15, -0.1) is 0 Å². The van der Waals surface area contributed by atoms with E-state index in [0.717, 1.165) is 43.2 Å². The first-order valence-corrected chi connectivity index (χ1v) is 10.1. The van der Waals surface area contributed by atoms with Crippen molar-refractivity contribution in [2.75, 3.05) is 46.6 Å². The van der Waals surface area contributed by atoms with Crippen molar-refractivity contribution >= 4 is 29.0 Å². The second kappa shape index (κ2) is 8.82. The van der Waals surface area contributed by atoms with E-state index in [4.69, 9.17) is 0 Å². The Morgan fingerprint density at radius 2 is 1.57 bits per heavy atom. The summed E-state index contributed by atoms with van der Waals surface area (Å²) in [6.07, 6.45) is 1.49. The number of hydrogen-bond donors (Lipinski definition) is 2. The number of urea groups is 1. The molecule has 2 N–H and O–H groups in total. The number of para-hydroxylation sites is 1. The lowest BCUT2D eigenvalue weighted by molar-refractivity contribution is 0.262. The fraction of sp³-hybridized carbons (Fsp3) is 0.261. The van der Waals surface area contributed by atoms with Crippen molar-refractivity contribution < 1.29 is 4.79 Å². The lowest BCUT2D eigenvalue weighted by Gasteiger charge is -2.36. The molecule has 1 saturated heterocycles. The molecule has 7 heteroatoms. The number of anilines is 4. The van der Waals surface area contributed by atoms with E-state index in [2.05, 4.69) is 54.7 Å². The Labute approximate surface area is 176 Å². The molecule has 7 nitrogen and oxygen atoms in total. The Morgan fingerprint density at radius 3 is 2.30 bits per heavy atom. The second-order valence-electron chi connectivity index (χ2n) is 7.45. The summed E-state index contributed by atoms with van der Waals surface area (Å²) in [7, 11) is 0. The number of amides is 2. The smallest absolute Gasteiger partial charge is 0.324 e. The monoisotopic (exact) mass is 402 g/mol. The van der Waals surface area contributed by atoms with Crippen LogP contribution in [0.2, 0.25) is 0 Å².